The number of esters is 1. The van der Waals surface area contributed by atoms with E-state index < -0.39 is 0 Å². The van der Waals surface area contributed by atoms with Crippen molar-refractivity contribution in [2.75, 3.05) is 38.3 Å². The van der Waals surface area contributed by atoms with Crippen LogP contribution in [0.5, 0.6) is 0 Å². The molecule has 3 rings (SSSR count). The summed E-state index contributed by atoms with van der Waals surface area (Å²) in [5.41, 5.74) is 3.87. The molecule has 1 aliphatic rings. The van der Waals surface area contributed by atoms with Crippen LogP contribution in [0, 0.1) is 19.8 Å². The Balaban J connectivity index is 1.89. The Hall–Kier alpha value is -2.71. The van der Waals surface area contributed by atoms with Gasteiger partial charge in [0.1, 0.15) is 0 Å². The number of hydrogen-bond acceptors (Lipinski definition) is 7. The van der Waals surface area contributed by atoms with Gasteiger partial charge in [0.25, 0.3) is 5.56 Å². The van der Waals surface area contributed by atoms with Crippen molar-refractivity contribution in [3.05, 3.63) is 57.8 Å². The van der Waals surface area contributed by atoms with Crippen LogP contribution in [0.15, 0.2) is 35.4 Å². The molecule has 2 unspecified atom stereocenters. The fraction of sp³-hybridized carbons (Fsp3) is 0.593. The number of carbonyl (C=O) groups excluding carboxylic acids is 1. The van der Waals surface area contributed by atoms with Gasteiger partial charge in [0, 0.05) is 49.7 Å². The van der Waals surface area contributed by atoms with Crippen LogP contribution in [0.2, 0.25) is 0 Å². The fourth-order valence-electron chi connectivity index (χ4n) is 4.67. The van der Waals surface area contributed by atoms with Crippen LogP contribution >= 0.6 is 0 Å². The fourth-order valence-corrected chi connectivity index (χ4v) is 4.67. The van der Waals surface area contributed by atoms with Crippen molar-refractivity contribution in [1.29, 1.82) is 0 Å². The molecule has 1 N–H and O–H groups in total. The number of aryl methyl sites for hydroxylation is 2. The number of hydrogen-bond donors (Lipinski definition) is 1. The molecule has 35 heavy (non-hydrogen) atoms. The topological polar surface area (TPSA) is 85.7 Å². The molecule has 0 saturated carbocycles. The third-order valence-corrected chi connectivity index (χ3v) is 6.60. The molecule has 0 aromatic carbocycles. The van der Waals surface area contributed by atoms with Crippen molar-refractivity contribution in [3.63, 3.8) is 0 Å². The molecule has 0 spiro atoms. The average molecular weight is 485 g/mol. The number of aromatic nitrogens is 2. The van der Waals surface area contributed by atoms with Gasteiger partial charge >= 0.3 is 5.97 Å². The first kappa shape index (κ1) is 26.9. The van der Waals surface area contributed by atoms with E-state index in [0.717, 1.165) is 35.5 Å². The zero-order valence-electron chi connectivity index (χ0n) is 21.9. The Kier molecular flexibility index (Phi) is 9.46. The van der Waals surface area contributed by atoms with E-state index in [1.165, 1.54) is 7.11 Å². The molecule has 2 aromatic rings. The van der Waals surface area contributed by atoms with Crippen LogP contribution in [-0.2, 0) is 14.3 Å². The van der Waals surface area contributed by atoms with Gasteiger partial charge in [-0.2, -0.15) is 0 Å². The van der Waals surface area contributed by atoms with E-state index in [-0.39, 0.29) is 36.1 Å². The predicted octanol–water partition coefficient (Wildman–Crippen LogP) is 3.57. The first-order chi connectivity index (χ1) is 16.7. The van der Waals surface area contributed by atoms with Crippen molar-refractivity contribution in [2.24, 2.45) is 5.92 Å². The van der Waals surface area contributed by atoms with E-state index in [9.17, 15) is 9.59 Å². The van der Waals surface area contributed by atoms with Gasteiger partial charge in [-0.15, -0.1) is 0 Å². The maximum absolute atomic E-state index is 12.7. The maximum atomic E-state index is 12.7. The van der Waals surface area contributed by atoms with Gasteiger partial charge in [-0.25, -0.2) is 0 Å². The molecular formula is C27H40N4O4. The van der Waals surface area contributed by atoms with Crippen LogP contribution < -0.4 is 15.8 Å². The summed E-state index contributed by atoms with van der Waals surface area (Å²) in [7, 11) is 1.40. The van der Waals surface area contributed by atoms with E-state index in [2.05, 4.69) is 42.0 Å². The van der Waals surface area contributed by atoms with Gasteiger partial charge in [0.15, 0.2) is 0 Å². The minimum atomic E-state index is -0.294. The normalized spacial score (nSPS) is 17.9. The largest absolute Gasteiger partial charge is 0.469 e. The van der Waals surface area contributed by atoms with Gasteiger partial charge in [0.05, 0.1) is 38.1 Å². The first-order valence-corrected chi connectivity index (χ1v) is 12.5. The molecule has 0 radical (unpaired) electrons. The summed E-state index contributed by atoms with van der Waals surface area (Å²) in [6, 6.07) is 5.66. The SMILES string of the molecule is COC(=O)CC(NCC(CC(C)C)n1ccc(C)cc1=O)c1cnc(C)c(N2CCOC[C@@H]2C)c1. The average Bonchev–Trinajstić information content (AvgIpc) is 2.81. The lowest BCUT2D eigenvalue weighted by Gasteiger charge is -2.36. The summed E-state index contributed by atoms with van der Waals surface area (Å²) in [5, 5.41) is 3.56. The van der Waals surface area contributed by atoms with Gasteiger partial charge in [-0.3, -0.25) is 14.6 Å². The Morgan fingerprint density at radius 3 is 2.74 bits per heavy atom. The highest BCUT2D eigenvalue weighted by Gasteiger charge is 2.25. The van der Waals surface area contributed by atoms with Crippen LogP contribution in [0.4, 0.5) is 5.69 Å². The second-order valence-corrected chi connectivity index (χ2v) is 9.96. The Labute approximate surface area is 208 Å². The van der Waals surface area contributed by atoms with Crippen LogP contribution in [0.25, 0.3) is 0 Å². The molecule has 8 heteroatoms. The number of nitrogens with one attached hydrogen (secondary N) is 1. The summed E-state index contributed by atoms with van der Waals surface area (Å²) < 4.78 is 12.4. The van der Waals surface area contributed by atoms with Crippen LogP contribution in [0.3, 0.4) is 0 Å². The second kappa shape index (κ2) is 12.3. The zero-order chi connectivity index (χ0) is 25.5. The number of anilines is 1. The number of carbonyl (C=O) groups is 1. The van der Waals surface area contributed by atoms with Gasteiger partial charge in [-0.05, 0) is 56.4 Å². The highest BCUT2D eigenvalue weighted by Crippen LogP contribution is 2.28. The maximum Gasteiger partial charge on any atom is 0.307 e. The molecule has 0 bridgehead atoms. The number of pyridine rings is 2. The summed E-state index contributed by atoms with van der Waals surface area (Å²) in [6.45, 7) is 13.1. The molecule has 1 aliphatic heterocycles. The summed E-state index contributed by atoms with van der Waals surface area (Å²) in [5.74, 6) is 0.113. The molecule has 192 valence electrons. The summed E-state index contributed by atoms with van der Waals surface area (Å²) in [6.07, 6.45) is 4.72. The molecule has 2 aromatic heterocycles. The lowest BCUT2D eigenvalue weighted by molar-refractivity contribution is -0.141. The smallest absolute Gasteiger partial charge is 0.307 e. The van der Waals surface area contributed by atoms with E-state index in [1.54, 1.807) is 10.6 Å². The number of ether oxygens (including phenoxy) is 2. The summed E-state index contributed by atoms with van der Waals surface area (Å²) >= 11 is 0. The molecule has 8 nitrogen and oxygen atoms in total. The van der Waals surface area contributed by atoms with Gasteiger partial charge < -0.3 is 24.3 Å². The van der Waals surface area contributed by atoms with Crippen molar-refractivity contribution < 1.29 is 14.3 Å². The number of morpholine rings is 1. The number of methoxy groups -OCH3 is 1. The molecule has 3 heterocycles. The second-order valence-electron chi connectivity index (χ2n) is 9.96. The molecule has 0 aliphatic carbocycles. The lowest BCUT2D eigenvalue weighted by atomic mass is 10.0. The molecule has 1 fully saturated rings. The van der Waals surface area contributed by atoms with Crippen molar-refractivity contribution in [1.82, 2.24) is 14.9 Å². The van der Waals surface area contributed by atoms with E-state index in [0.29, 0.717) is 25.7 Å². The van der Waals surface area contributed by atoms with Crippen molar-refractivity contribution >= 4 is 11.7 Å². The molecule has 0 amide bonds. The first-order valence-electron chi connectivity index (χ1n) is 12.5. The monoisotopic (exact) mass is 484 g/mol. The quantitative estimate of drug-likeness (QED) is 0.516. The minimum Gasteiger partial charge on any atom is -0.469 e. The summed E-state index contributed by atoms with van der Waals surface area (Å²) in [4.78, 5) is 32.0. The van der Waals surface area contributed by atoms with Gasteiger partial charge in [-0.1, -0.05) is 13.8 Å². The molecular weight excluding hydrogens is 444 g/mol. The Morgan fingerprint density at radius 1 is 1.31 bits per heavy atom. The zero-order valence-corrected chi connectivity index (χ0v) is 21.9. The Bertz CT molecular complexity index is 1050. The van der Waals surface area contributed by atoms with Crippen LogP contribution in [-0.4, -0.2) is 55.0 Å². The number of rotatable bonds is 10. The molecule has 3 atom stereocenters. The predicted molar refractivity (Wildman–Crippen MR) is 138 cm³/mol. The van der Waals surface area contributed by atoms with Crippen LogP contribution in [0.1, 0.15) is 62.5 Å². The van der Waals surface area contributed by atoms with E-state index in [4.69, 9.17) is 9.47 Å². The number of nitrogens with zero attached hydrogens (tertiary/aromatic N) is 3. The van der Waals surface area contributed by atoms with E-state index in [1.807, 2.05) is 32.3 Å². The third kappa shape index (κ3) is 7.15. The van der Waals surface area contributed by atoms with Gasteiger partial charge in [0.2, 0.25) is 0 Å². The Morgan fingerprint density at radius 2 is 2.09 bits per heavy atom. The lowest BCUT2D eigenvalue weighted by Crippen LogP contribution is -2.44. The highest BCUT2D eigenvalue weighted by atomic mass is 16.5. The highest BCUT2D eigenvalue weighted by molar-refractivity contribution is 5.70. The van der Waals surface area contributed by atoms with E-state index >= 15 is 0 Å². The van der Waals surface area contributed by atoms with Crippen molar-refractivity contribution in [3.8, 4) is 0 Å². The molecule has 1 saturated heterocycles. The third-order valence-electron chi connectivity index (χ3n) is 6.60. The minimum absolute atomic E-state index is 0.0115. The standard InChI is InChI=1S/C27H40N4O4/c1-18(2)11-23(31-8-7-19(3)12-26(31)32)16-29-24(14-27(33)34-6)22-13-25(21(5)28-15-22)30-9-10-35-17-20(30)4/h7-8,12-13,15,18,20,23-24,29H,9-11,14,16-17H2,1-6H3/t20-,23?,24?/m0/s1. The van der Waals surface area contributed by atoms with Crippen molar-refractivity contribution in [2.45, 2.75) is 65.6 Å².